The van der Waals surface area contributed by atoms with Gasteiger partial charge < -0.3 is 10.2 Å². The highest BCUT2D eigenvalue weighted by molar-refractivity contribution is 7.89. The number of hydrogen-bond acceptors (Lipinski definition) is 5. The second-order valence-corrected chi connectivity index (χ2v) is 6.68. The Bertz CT molecular complexity index is 582. The van der Waals surface area contributed by atoms with Crippen LogP contribution in [0.5, 0.6) is 0 Å². The van der Waals surface area contributed by atoms with Gasteiger partial charge in [-0.3, -0.25) is 9.48 Å². The quantitative estimate of drug-likeness (QED) is 0.753. The summed E-state index contributed by atoms with van der Waals surface area (Å²) in [5.41, 5.74) is 0. The molecule has 120 valence electrons. The fourth-order valence-corrected chi connectivity index (χ4v) is 3.28. The molecular weight excluding hydrogens is 318 g/mol. The maximum absolute atomic E-state index is 12.3. The Kier molecular flexibility index (Phi) is 6.14. The molecule has 10 heteroatoms. The van der Waals surface area contributed by atoms with Crippen molar-refractivity contribution in [2.24, 2.45) is 7.05 Å². The number of aryl methyl sites for hydroxylation is 1. The van der Waals surface area contributed by atoms with Gasteiger partial charge >= 0.3 is 0 Å². The molecule has 0 bridgehead atoms. The average Bonchev–Trinajstić information content (AvgIpc) is 2.86. The number of likely N-dealkylation sites (N-methyl/N-ethyl adjacent to an activating group) is 1. The summed E-state index contributed by atoms with van der Waals surface area (Å²) in [5, 5.41) is 7.06. The predicted molar refractivity (Wildman–Crippen MR) is 79.7 cm³/mol. The number of hydrogen-bond donors (Lipinski definition) is 1. The summed E-state index contributed by atoms with van der Waals surface area (Å²) in [7, 11) is -0.730. The zero-order valence-electron chi connectivity index (χ0n) is 12.0. The number of sulfonamides is 1. The standard InChI is InChI=1S/C11H19N5O3S.ClH/c1-14(9-10(17)16-7-5-12-6-8-16)20(18,19)11-3-4-13-15(11)2;/h3-4,12H,5-9H2,1-2H3;1H. The van der Waals surface area contributed by atoms with Gasteiger partial charge in [0.15, 0.2) is 5.03 Å². The third kappa shape index (κ3) is 3.94. The summed E-state index contributed by atoms with van der Waals surface area (Å²) in [6.45, 7) is 2.54. The molecule has 0 saturated carbocycles. The molecule has 2 heterocycles. The maximum Gasteiger partial charge on any atom is 0.260 e. The van der Waals surface area contributed by atoms with Gasteiger partial charge in [0.1, 0.15) is 0 Å². The normalized spacial score (nSPS) is 15.9. The van der Waals surface area contributed by atoms with Gasteiger partial charge in [0.2, 0.25) is 5.91 Å². The molecule has 1 amide bonds. The minimum atomic E-state index is -3.69. The summed E-state index contributed by atoms with van der Waals surface area (Å²) in [6, 6.07) is 1.42. The van der Waals surface area contributed by atoms with Crippen LogP contribution in [-0.2, 0) is 21.9 Å². The first-order valence-electron chi connectivity index (χ1n) is 6.36. The summed E-state index contributed by atoms with van der Waals surface area (Å²) in [6.07, 6.45) is 1.42. The van der Waals surface area contributed by atoms with E-state index in [1.165, 1.54) is 24.0 Å². The Morgan fingerprint density at radius 2 is 2.05 bits per heavy atom. The number of carbonyl (C=O) groups is 1. The van der Waals surface area contributed by atoms with Crippen molar-refractivity contribution >= 4 is 28.3 Å². The molecule has 0 atom stereocenters. The highest BCUT2D eigenvalue weighted by atomic mass is 35.5. The van der Waals surface area contributed by atoms with Crippen molar-refractivity contribution in [1.82, 2.24) is 24.3 Å². The van der Waals surface area contributed by atoms with Crippen LogP contribution in [0.4, 0.5) is 0 Å². The van der Waals surface area contributed by atoms with E-state index < -0.39 is 10.0 Å². The maximum atomic E-state index is 12.3. The number of nitrogens with zero attached hydrogens (tertiary/aromatic N) is 4. The van der Waals surface area contributed by atoms with E-state index >= 15 is 0 Å². The van der Waals surface area contributed by atoms with Crippen LogP contribution in [0, 0.1) is 0 Å². The Labute approximate surface area is 130 Å². The fourth-order valence-electron chi connectivity index (χ4n) is 2.06. The van der Waals surface area contributed by atoms with E-state index in [0.717, 1.165) is 17.4 Å². The SMILES string of the molecule is CN(CC(=O)N1CCNCC1)S(=O)(=O)c1ccnn1C.Cl. The van der Waals surface area contributed by atoms with Gasteiger partial charge in [-0.1, -0.05) is 0 Å². The van der Waals surface area contributed by atoms with E-state index in [-0.39, 0.29) is 29.9 Å². The monoisotopic (exact) mass is 337 g/mol. The Balaban J connectivity index is 0.00000220. The lowest BCUT2D eigenvalue weighted by Gasteiger charge is -2.29. The van der Waals surface area contributed by atoms with Gasteiger partial charge in [0.25, 0.3) is 10.0 Å². The molecule has 0 radical (unpaired) electrons. The molecule has 1 fully saturated rings. The number of halogens is 1. The Morgan fingerprint density at radius 1 is 1.43 bits per heavy atom. The summed E-state index contributed by atoms with van der Waals surface area (Å²) < 4.78 is 27.0. The molecule has 1 aliphatic heterocycles. The molecule has 0 aromatic carbocycles. The molecule has 0 aliphatic carbocycles. The van der Waals surface area contributed by atoms with E-state index in [9.17, 15) is 13.2 Å². The van der Waals surface area contributed by atoms with Gasteiger partial charge in [-0.25, -0.2) is 8.42 Å². The van der Waals surface area contributed by atoms with Gasteiger partial charge in [0.05, 0.1) is 12.7 Å². The lowest BCUT2D eigenvalue weighted by Crippen LogP contribution is -2.49. The summed E-state index contributed by atoms with van der Waals surface area (Å²) in [4.78, 5) is 13.8. The molecule has 2 rings (SSSR count). The van der Waals surface area contributed by atoms with Crippen LogP contribution >= 0.6 is 12.4 Å². The molecular formula is C11H20ClN5O3S. The molecule has 1 aromatic rings. The van der Waals surface area contributed by atoms with Crippen molar-refractivity contribution < 1.29 is 13.2 Å². The van der Waals surface area contributed by atoms with Crippen LogP contribution in [0.3, 0.4) is 0 Å². The van der Waals surface area contributed by atoms with Crippen molar-refractivity contribution in [2.75, 3.05) is 39.8 Å². The first kappa shape index (κ1) is 17.9. The van der Waals surface area contributed by atoms with Gasteiger partial charge in [-0.2, -0.15) is 9.40 Å². The van der Waals surface area contributed by atoms with Crippen LogP contribution in [0.25, 0.3) is 0 Å². The van der Waals surface area contributed by atoms with Crippen LogP contribution < -0.4 is 5.32 Å². The molecule has 0 spiro atoms. The van der Waals surface area contributed by atoms with Crippen molar-refractivity contribution in [3.63, 3.8) is 0 Å². The predicted octanol–water partition coefficient (Wildman–Crippen LogP) is -1.11. The Morgan fingerprint density at radius 3 is 2.57 bits per heavy atom. The molecule has 8 nitrogen and oxygen atoms in total. The number of amides is 1. The number of aromatic nitrogens is 2. The first-order valence-corrected chi connectivity index (χ1v) is 7.80. The molecule has 1 aliphatic rings. The van der Waals surface area contributed by atoms with E-state index in [4.69, 9.17) is 0 Å². The minimum absolute atomic E-state index is 0. The lowest BCUT2D eigenvalue weighted by molar-refractivity contribution is -0.131. The molecule has 1 N–H and O–H groups in total. The topological polar surface area (TPSA) is 87.5 Å². The third-order valence-corrected chi connectivity index (χ3v) is 5.16. The molecule has 0 unspecified atom stereocenters. The van der Waals surface area contributed by atoms with Crippen LogP contribution in [0.15, 0.2) is 17.3 Å². The number of nitrogens with one attached hydrogen (secondary N) is 1. The zero-order valence-corrected chi connectivity index (χ0v) is 13.7. The fraction of sp³-hybridized carbons (Fsp3) is 0.636. The highest BCUT2D eigenvalue weighted by Gasteiger charge is 2.27. The number of piperazine rings is 1. The Hall–Kier alpha value is -1.16. The van der Waals surface area contributed by atoms with Crippen molar-refractivity contribution in [1.29, 1.82) is 0 Å². The second-order valence-electron chi connectivity index (χ2n) is 4.68. The molecule has 1 saturated heterocycles. The van der Waals surface area contributed by atoms with Gasteiger partial charge in [-0.05, 0) is 6.07 Å². The van der Waals surface area contributed by atoms with Gasteiger partial charge in [-0.15, -0.1) is 12.4 Å². The second kappa shape index (κ2) is 7.21. The van der Waals surface area contributed by atoms with Crippen LogP contribution in [0.1, 0.15) is 0 Å². The number of rotatable bonds is 4. The highest BCUT2D eigenvalue weighted by Crippen LogP contribution is 2.12. The molecule has 1 aromatic heterocycles. The number of carbonyl (C=O) groups excluding carboxylic acids is 1. The van der Waals surface area contributed by atoms with E-state index in [1.807, 2.05) is 0 Å². The van der Waals surface area contributed by atoms with E-state index in [2.05, 4.69) is 10.4 Å². The average molecular weight is 338 g/mol. The van der Waals surface area contributed by atoms with Crippen LogP contribution in [0.2, 0.25) is 0 Å². The molecule has 21 heavy (non-hydrogen) atoms. The summed E-state index contributed by atoms with van der Waals surface area (Å²) >= 11 is 0. The summed E-state index contributed by atoms with van der Waals surface area (Å²) in [5.74, 6) is -0.181. The minimum Gasteiger partial charge on any atom is -0.339 e. The van der Waals surface area contributed by atoms with E-state index in [1.54, 1.807) is 11.9 Å². The smallest absolute Gasteiger partial charge is 0.260 e. The van der Waals surface area contributed by atoms with Crippen molar-refractivity contribution in [3.05, 3.63) is 12.3 Å². The van der Waals surface area contributed by atoms with Crippen LogP contribution in [-0.4, -0.2) is 73.1 Å². The third-order valence-electron chi connectivity index (χ3n) is 3.28. The lowest BCUT2D eigenvalue weighted by atomic mass is 10.3. The van der Waals surface area contributed by atoms with Gasteiger partial charge in [0, 0.05) is 40.3 Å². The first-order chi connectivity index (χ1) is 9.43. The van der Waals surface area contributed by atoms with E-state index in [0.29, 0.717) is 13.1 Å². The zero-order chi connectivity index (χ0) is 14.8. The largest absolute Gasteiger partial charge is 0.339 e. The van der Waals surface area contributed by atoms with Crippen molar-refractivity contribution in [3.8, 4) is 0 Å². The van der Waals surface area contributed by atoms with Crippen molar-refractivity contribution in [2.45, 2.75) is 5.03 Å².